The average Bonchev–Trinajstić information content (AvgIpc) is 2.70. The maximum Gasteiger partial charge on any atom is 0.133 e. The first kappa shape index (κ1) is 11.2. The molecule has 0 aliphatic rings. The average molecular weight is 233 g/mol. The summed E-state index contributed by atoms with van der Waals surface area (Å²) in [5.41, 5.74) is 8.29. The van der Waals surface area contributed by atoms with E-state index in [0.29, 0.717) is 0 Å². The van der Waals surface area contributed by atoms with Crippen LogP contribution in [-0.2, 0) is 6.42 Å². The van der Waals surface area contributed by atoms with Gasteiger partial charge in [0, 0.05) is 6.42 Å². The summed E-state index contributed by atoms with van der Waals surface area (Å²) in [4.78, 5) is 0. The molecule has 2 rings (SSSR count). The first-order valence-corrected chi connectivity index (χ1v) is 6.10. The first-order valence-electron chi connectivity index (χ1n) is 5.28. The largest absolute Gasteiger partial charge is 0.322 e. The van der Waals surface area contributed by atoms with Crippen LogP contribution in [0, 0.1) is 6.92 Å². The molecule has 0 spiro atoms. The molecular formula is C12H15N3S. The van der Waals surface area contributed by atoms with Crippen molar-refractivity contribution in [2.75, 3.05) is 0 Å². The fourth-order valence-corrected chi connectivity index (χ4v) is 2.23. The fraction of sp³-hybridized carbons (Fsp3) is 0.333. The Morgan fingerprint density at radius 1 is 1.25 bits per heavy atom. The van der Waals surface area contributed by atoms with Gasteiger partial charge in [-0.25, -0.2) is 0 Å². The van der Waals surface area contributed by atoms with Crippen LogP contribution < -0.4 is 5.73 Å². The van der Waals surface area contributed by atoms with Crippen LogP contribution in [0.25, 0.3) is 0 Å². The van der Waals surface area contributed by atoms with Crippen LogP contribution in [-0.4, -0.2) is 10.2 Å². The van der Waals surface area contributed by atoms with Gasteiger partial charge in [-0.3, -0.25) is 0 Å². The summed E-state index contributed by atoms with van der Waals surface area (Å²) in [6.45, 7) is 4.01. The number of nitrogens with zero attached hydrogens (tertiary/aromatic N) is 2. The molecule has 2 aromatic rings. The van der Waals surface area contributed by atoms with E-state index in [9.17, 15) is 0 Å². The summed E-state index contributed by atoms with van der Waals surface area (Å²) in [5, 5.41) is 10.1. The molecule has 0 bridgehead atoms. The van der Waals surface area contributed by atoms with Crippen molar-refractivity contribution >= 4 is 11.3 Å². The number of rotatable bonds is 3. The maximum atomic E-state index is 5.75. The second kappa shape index (κ2) is 4.72. The molecule has 1 aromatic heterocycles. The van der Waals surface area contributed by atoms with Crippen molar-refractivity contribution in [3.8, 4) is 0 Å². The van der Waals surface area contributed by atoms with E-state index in [1.54, 1.807) is 11.3 Å². The summed E-state index contributed by atoms with van der Waals surface area (Å²) in [5.74, 6) is 0. The molecule has 0 radical (unpaired) electrons. The highest BCUT2D eigenvalue weighted by Gasteiger charge is 2.08. The molecular weight excluding hydrogens is 218 g/mol. The molecule has 2 N–H and O–H groups in total. The van der Waals surface area contributed by atoms with E-state index in [0.717, 1.165) is 16.4 Å². The number of hydrogen-bond donors (Lipinski definition) is 1. The van der Waals surface area contributed by atoms with E-state index >= 15 is 0 Å². The van der Waals surface area contributed by atoms with E-state index in [1.807, 2.05) is 6.92 Å². The van der Waals surface area contributed by atoms with Gasteiger partial charge in [0.15, 0.2) is 0 Å². The topological polar surface area (TPSA) is 51.8 Å². The van der Waals surface area contributed by atoms with Crippen LogP contribution in [0.2, 0.25) is 0 Å². The molecule has 1 aromatic carbocycles. The highest BCUT2D eigenvalue weighted by atomic mass is 32.1. The van der Waals surface area contributed by atoms with Crippen molar-refractivity contribution in [3.63, 3.8) is 0 Å². The van der Waals surface area contributed by atoms with E-state index < -0.39 is 0 Å². The zero-order valence-corrected chi connectivity index (χ0v) is 10.3. The summed E-state index contributed by atoms with van der Waals surface area (Å²) in [6.07, 6.45) is 0.838. The van der Waals surface area contributed by atoms with Crippen molar-refractivity contribution in [3.05, 3.63) is 45.4 Å². The lowest BCUT2D eigenvalue weighted by Gasteiger charge is -1.98. The third kappa shape index (κ3) is 2.65. The Bertz CT molecular complexity index is 459. The van der Waals surface area contributed by atoms with Gasteiger partial charge in [0.1, 0.15) is 10.0 Å². The van der Waals surface area contributed by atoms with E-state index in [4.69, 9.17) is 5.73 Å². The van der Waals surface area contributed by atoms with Gasteiger partial charge in [0.05, 0.1) is 6.04 Å². The lowest BCUT2D eigenvalue weighted by molar-refractivity contribution is 0.782. The lowest BCUT2D eigenvalue weighted by Crippen LogP contribution is -2.03. The van der Waals surface area contributed by atoms with Crippen molar-refractivity contribution < 1.29 is 0 Å². The number of hydrogen-bond acceptors (Lipinski definition) is 4. The second-order valence-electron chi connectivity index (χ2n) is 3.99. The van der Waals surface area contributed by atoms with Crippen molar-refractivity contribution in [2.45, 2.75) is 26.3 Å². The standard InChI is InChI=1S/C12H15N3S/c1-8-3-5-10(6-4-8)7-11-14-15-12(16-11)9(2)13/h3-6,9H,7,13H2,1-2H3. The molecule has 0 aliphatic heterocycles. The predicted molar refractivity (Wildman–Crippen MR) is 66.5 cm³/mol. The Labute approximate surface area is 99.3 Å². The molecule has 1 unspecified atom stereocenters. The third-order valence-corrected chi connectivity index (χ3v) is 3.47. The molecule has 0 fully saturated rings. The minimum atomic E-state index is -0.0238. The predicted octanol–water partition coefficient (Wildman–Crippen LogP) is 2.46. The number of aryl methyl sites for hydroxylation is 1. The quantitative estimate of drug-likeness (QED) is 0.886. The van der Waals surface area contributed by atoms with E-state index in [-0.39, 0.29) is 6.04 Å². The second-order valence-corrected chi connectivity index (χ2v) is 5.08. The zero-order chi connectivity index (χ0) is 11.5. The third-order valence-electron chi connectivity index (χ3n) is 2.35. The van der Waals surface area contributed by atoms with Gasteiger partial charge in [0.25, 0.3) is 0 Å². The van der Waals surface area contributed by atoms with Crippen molar-refractivity contribution in [1.29, 1.82) is 0 Å². The summed E-state index contributed by atoms with van der Waals surface area (Å²) in [7, 11) is 0. The molecule has 4 heteroatoms. The molecule has 84 valence electrons. The SMILES string of the molecule is Cc1ccc(Cc2nnc(C(C)N)s2)cc1. The molecule has 16 heavy (non-hydrogen) atoms. The van der Waals surface area contributed by atoms with Gasteiger partial charge in [-0.15, -0.1) is 10.2 Å². The van der Waals surface area contributed by atoms with E-state index in [2.05, 4.69) is 41.4 Å². The Balaban J connectivity index is 2.11. The van der Waals surface area contributed by atoms with Crippen LogP contribution in [0.3, 0.4) is 0 Å². The Hall–Kier alpha value is -1.26. The highest BCUT2D eigenvalue weighted by Crippen LogP contribution is 2.18. The molecule has 0 aliphatic carbocycles. The molecule has 1 heterocycles. The Morgan fingerprint density at radius 3 is 2.50 bits per heavy atom. The number of aromatic nitrogens is 2. The minimum absolute atomic E-state index is 0.0238. The molecule has 0 saturated carbocycles. The fourth-order valence-electron chi connectivity index (χ4n) is 1.40. The van der Waals surface area contributed by atoms with Gasteiger partial charge in [-0.2, -0.15) is 0 Å². The number of benzene rings is 1. The van der Waals surface area contributed by atoms with Gasteiger partial charge in [0.2, 0.25) is 0 Å². The monoisotopic (exact) mass is 233 g/mol. The lowest BCUT2D eigenvalue weighted by atomic mass is 10.1. The van der Waals surface area contributed by atoms with Crippen LogP contribution in [0.15, 0.2) is 24.3 Å². The minimum Gasteiger partial charge on any atom is -0.322 e. The number of nitrogens with two attached hydrogens (primary N) is 1. The van der Waals surface area contributed by atoms with Crippen LogP contribution in [0.5, 0.6) is 0 Å². The summed E-state index contributed by atoms with van der Waals surface area (Å²) >= 11 is 1.59. The molecule has 0 amide bonds. The highest BCUT2D eigenvalue weighted by molar-refractivity contribution is 7.11. The summed E-state index contributed by atoms with van der Waals surface area (Å²) in [6, 6.07) is 8.46. The van der Waals surface area contributed by atoms with Crippen LogP contribution >= 0.6 is 11.3 Å². The molecule has 0 saturated heterocycles. The normalized spacial score (nSPS) is 12.7. The molecule has 1 atom stereocenters. The van der Waals surface area contributed by atoms with E-state index in [1.165, 1.54) is 11.1 Å². The molecule has 3 nitrogen and oxygen atoms in total. The van der Waals surface area contributed by atoms with Gasteiger partial charge in [-0.05, 0) is 19.4 Å². The van der Waals surface area contributed by atoms with Gasteiger partial charge in [-0.1, -0.05) is 41.2 Å². The van der Waals surface area contributed by atoms with Gasteiger partial charge < -0.3 is 5.73 Å². The first-order chi connectivity index (χ1) is 7.65. The summed E-state index contributed by atoms with van der Waals surface area (Å²) < 4.78 is 0. The van der Waals surface area contributed by atoms with Crippen molar-refractivity contribution in [2.24, 2.45) is 5.73 Å². The van der Waals surface area contributed by atoms with Gasteiger partial charge >= 0.3 is 0 Å². The maximum absolute atomic E-state index is 5.75. The Morgan fingerprint density at radius 2 is 1.94 bits per heavy atom. The van der Waals surface area contributed by atoms with Crippen LogP contribution in [0.4, 0.5) is 0 Å². The smallest absolute Gasteiger partial charge is 0.133 e. The Kier molecular flexibility index (Phi) is 3.31. The zero-order valence-electron chi connectivity index (χ0n) is 9.47. The van der Waals surface area contributed by atoms with Crippen LogP contribution in [0.1, 0.15) is 34.1 Å². The van der Waals surface area contributed by atoms with Crippen molar-refractivity contribution in [1.82, 2.24) is 10.2 Å².